The molecule has 0 aliphatic carbocycles. The SMILES string of the molecule is CCc1nc(Cc2c(F)cccc2Cl)nc(NN)c1C. The highest BCUT2D eigenvalue weighted by Crippen LogP contribution is 2.23. The molecule has 0 radical (unpaired) electrons. The van der Waals surface area contributed by atoms with Crippen molar-refractivity contribution < 1.29 is 4.39 Å². The minimum absolute atomic E-state index is 0.230. The second-order valence-corrected chi connectivity index (χ2v) is 4.84. The zero-order chi connectivity index (χ0) is 14.7. The van der Waals surface area contributed by atoms with Crippen LogP contribution in [0.2, 0.25) is 5.02 Å². The summed E-state index contributed by atoms with van der Waals surface area (Å²) in [6, 6.07) is 4.59. The lowest BCUT2D eigenvalue weighted by Crippen LogP contribution is -2.14. The van der Waals surface area contributed by atoms with Crippen molar-refractivity contribution in [2.75, 3.05) is 5.43 Å². The van der Waals surface area contributed by atoms with E-state index in [0.29, 0.717) is 22.2 Å². The van der Waals surface area contributed by atoms with E-state index < -0.39 is 0 Å². The Morgan fingerprint density at radius 1 is 1.35 bits per heavy atom. The zero-order valence-electron chi connectivity index (χ0n) is 11.4. The van der Waals surface area contributed by atoms with Gasteiger partial charge in [-0.3, -0.25) is 0 Å². The number of hydrogen-bond acceptors (Lipinski definition) is 4. The average molecular weight is 295 g/mol. The quantitative estimate of drug-likeness (QED) is 0.672. The van der Waals surface area contributed by atoms with Crippen LogP contribution in [-0.4, -0.2) is 9.97 Å². The molecule has 0 atom stereocenters. The standard InChI is InChI=1S/C14H16ClFN4/c1-3-12-8(2)14(20-17)19-13(18-12)7-9-10(15)5-4-6-11(9)16/h4-6H,3,7,17H2,1-2H3,(H,18,19,20). The number of anilines is 1. The maximum absolute atomic E-state index is 13.8. The third kappa shape index (κ3) is 2.89. The summed E-state index contributed by atoms with van der Waals surface area (Å²) < 4.78 is 13.8. The number of nitrogen functional groups attached to an aromatic ring is 1. The fourth-order valence-corrected chi connectivity index (χ4v) is 2.27. The van der Waals surface area contributed by atoms with Gasteiger partial charge in [-0.1, -0.05) is 24.6 Å². The molecule has 0 bridgehead atoms. The number of benzene rings is 1. The fraction of sp³-hybridized carbons (Fsp3) is 0.286. The second-order valence-electron chi connectivity index (χ2n) is 4.44. The van der Waals surface area contributed by atoms with Crippen LogP contribution in [-0.2, 0) is 12.8 Å². The van der Waals surface area contributed by atoms with Crippen LogP contribution in [0.3, 0.4) is 0 Å². The van der Waals surface area contributed by atoms with E-state index in [1.807, 2.05) is 13.8 Å². The van der Waals surface area contributed by atoms with Crippen molar-refractivity contribution in [3.8, 4) is 0 Å². The Balaban J connectivity index is 2.44. The van der Waals surface area contributed by atoms with Gasteiger partial charge in [0.15, 0.2) is 0 Å². The molecule has 1 heterocycles. The smallest absolute Gasteiger partial charge is 0.146 e. The monoisotopic (exact) mass is 294 g/mol. The van der Waals surface area contributed by atoms with Crippen molar-refractivity contribution in [1.29, 1.82) is 0 Å². The van der Waals surface area contributed by atoms with E-state index in [1.165, 1.54) is 6.07 Å². The summed E-state index contributed by atoms with van der Waals surface area (Å²) in [7, 11) is 0. The molecule has 6 heteroatoms. The Bertz CT molecular complexity index is 585. The molecule has 0 unspecified atom stereocenters. The molecule has 0 aliphatic rings. The number of halogens is 2. The highest BCUT2D eigenvalue weighted by Gasteiger charge is 2.13. The summed E-state index contributed by atoms with van der Waals surface area (Å²) in [6.45, 7) is 3.89. The molecule has 1 aromatic carbocycles. The molecule has 0 fully saturated rings. The van der Waals surface area contributed by atoms with Crippen LogP contribution in [0.25, 0.3) is 0 Å². The average Bonchev–Trinajstić information content (AvgIpc) is 2.44. The summed E-state index contributed by atoms with van der Waals surface area (Å²) in [4.78, 5) is 8.75. The zero-order valence-corrected chi connectivity index (χ0v) is 12.1. The van der Waals surface area contributed by atoms with Gasteiger partial charge in [-0.25, -0.2) is 20.2 Å². The number of aryl methyl sites for hydroxylation is 1. The van der Waals surface area contributed by atoms with Gasteiger partial charge in [-0.2, -0.15) is 0 Å². The number of nitrogens with two attached hydrogens (primary N) is 1. The summed E-state index contributed by atoms with van der Waals surface area (Å²) in [5.74, 6) is 6.14. The van der Waals surface area contributed by atoms with Crippen LogP contribution in [0, 0.1) is 12.7 Å². The molecule has 20 heavy (non-hydrogen) atoms. The minimum atomic E-state index is -0.359. The van der Waals surface area contributed by atoms with Gasteiger partial charge in [0.2, 0.25) is 0 Å². The lowest BCUT2D eigenvalue weighted by Gasteiger charge is -2.11. The summed E-state index contributed by atoms with van der Waals surface area (Å²) in [5, 5.41) is 0.370. The van der Waals surface area contributed by atoms with Gasteiger partial charge >= 0.3 is 0 Å². The van der Waals surface area contributed by atoms with Gasteiger partial charge in [0.1, 0.15) is 17.5 Å². The Morgan fingerprint density at radius 2 is 2.10 bits per heavy atom. The first kappa shape index (κ1) is 14.7. The normalized spacial score (nSPS) is 10.7. The largest absolute Gasteiger partial charge is 0.308 e. The van der Waals surface area contributed by atoms with Crippen LogP contribution >= 0.6 is 11.6 Å². The van der Waals surface area contributed by atoms with E-state index in [4.69, 9.17) is 17.4 Å². The van der Waals surface area contributed by atoms with Gasteiger partial charge in [-0.15, -0.1) is 0 Å². The lowest BCUT2D eigenvalue weighted by atomic mass is 10.1. The highest BCUT2D eigenvalue weighted by atomic mass is 35.5. The van der Waals surface area contributed by atoms with Gasteiger partial charge in [0.25, 0.3) is 0 Å². The van der Waals surface area contributed by atoms with E-state index in [0.717, 1.165) is 17.7 Å². The third-order valence-electron chi connectivity index (χ3n) is 3.16. The molecule has 0 saturated heterocycles. The summed E-state index contributed by atoms with van der Waals surface area (Å²) in [5.41, 5.74) is 4.73. The molecule has 0 spiro atoms. The minimum Gasteiger partial charge on any atom is -0.308 e. The van der Waals surface area contributed by atoms with E-state index >= 15 is 0 Å². The number of nitrogens with one attached hydrogen (secondary N) is 1. The number of aromatic nitrogens is 2. The van der Waals surface area contributed by atoms with Crippen LogP contribution in [0.1, 0.15) is 29.6 Å². The van der Waals surface area contributed by atoms with E-state index in [9.17, 15) is 4.39 Å². The first-order valence-electron chi connectivity index (χ1n) is 6.32. The molecule has 4 nitrogen and oxygen atoms in total. The maximum Gasteiger partial charge on any atom is 0.146 e. The molecule has 0 saturated carbocycles. The first-order chi connectivity index (χ1) is 9.56. The maximum atomic E-state index is 13.8. The first-order valence-corrected chi connectivity index (χ1v) is 6.70. The van der Waals surface area contributed by atoms with Crippen LogP contribution in [0.5, 0.6) is 0 Å². The van der Waals surface area contributed by atoms with Crippen LogP contribution < -0.4 is 11.3 Å². The molecule has 0 aliphatic heterocycles. The molecular formula is C14H16ClFN4. The summed E-state index contributed by atoms with van der Waals surface area (Å²) >= 11 is 6.02. The van der Waals surface area contributed by atoms with Gasteiger partial charge in [-0.05, 0) is 25.5 Å². The number of hydrogen-bond donors (Lipinski definition) is 2. The van der Waals surface area contributed by atoms with Gasteiger partial charge in [0, 0.05) is 28.3 Å². The third-order valence-corrected chi connectivity index (χ3v) is 3.52. The Morgan fingerprint density at radius 3 is 2.70 bits per heavy atom. The van der Waals surface area contributed by atoms with E-state index in [-0.39, 0.29) is 12.2 Å². The molecular weight excluding hydrogens is 279 g/mol. The molecule has 3 N–H and O–H groups in total. The van der Waals surface area contributed by atoms with Crippen molar-refractivity contribution in [2.45, 2.75) is 26.7 Å². The van der Waals surface area contributed by atoms with Crippen LogP contribution in [0.15, 0.2) is 18.2 Å². The van der Waals surface area contributed by atoms with E-state index in [2.05, 4.69) is 15.4 Å². The molecule has 2 aromatic rings. The molecule has 0 amide bonds. The molecule has 2 rings (SSSR count). The van der Waals surface area contributed by atoms with Crippen molar-refractivity contribution in [3.63, 3.8) is 0 Å². The molecule has 1 aromatic heterocycles. The predicted molar refractivity (Wildman–Crippen MR) is 78.2 cm³/mol. The molecule has 106 valence electrons. The Kier molecular flexibility index (Phi) is 4.52. The number of nitrogens with zero attached hydrogens (tertiary/aromatic N) is 2. The van der Waals surface area contributed by atoms with Crippen molar-refractivity contribution in [1.82, 2.24) is 9.97 Å². The Hall–Kier alpha value is -1.72. The fourth-order valence-electron chi connectivity index (χ4n) is 2.04. The Labute approximate surface area is 122 Å². The second kappa shape index (κ2) is 6.15. The van der Waals surface area contributed by atoms with E-state index in [1.54, 1.807) is 12.1 Å². The van der Waals surface area contributed by atoms with Crippen molar-refractivity contribution in [3.05, 3.63) is 51.7 Å². The highest BCUT2D eigenvalue weighted by molar-refractivity contribution is 6.31. The number of hydrazine groups is 1. The lowest BCUT2D eigenvalue weighted by molar-refractivity contribution is 0.612. The van der Waals surface area contributed by atoms with Gasteiger partial charge < -0.3 is 5.43 Å². The summed E-state index contributed by atoms with van der Waals surface area (Å²) in [6.07, 6.45) is 0.981. The van der Waals surface area contributed by atoms with Crippen LogP contribution in [0.4, 0.5) is 10.2 Å². The topological polar surface area (TPSA) is 63.8 Å². The number of rotatable bonds is 4. The van der Waals surface area contributed by atoms with Gasteiger partial charge in [0.05, 0.1) is 0 Å². The van der Waals surface area contributed by atoms with Crippen molar-refractivity contribution in [2.24, 2.45) is 5.84 Å². The predicted octanol–water partition coefficient (Wildman–Crippen LogP) is 3.02. The van der Waals surface area contributed by atoms with Crippen molar-refractivity contribution >= 4 is 17.4 Å².